The summed E-state index contributed by atoms with van der Waals surface area (Å²) in [6, 6.07) is 7.17. The van der Waals surface area contributed by atoms with Crippen LogP contribution in [0.15, 0.2) is 43.0 Å². The van der Waals surface area contributed by atoms with E-state index < -0.39 is 0 Å². The Kier molecular flexibility index (Phi) is 4.33. The maximum Gasteiger partial charge on any atom is 0.338 e. The van der Waals surface area contributed by atoms with Crippen LogP contribution in [0, 0.1) is 0 Å². The number of rotatable bonds is 4. The Balaban J connectivity index is 3.07. The smallest absolute Gasteiger partial charge is 0.338 e. The number of carbonyl (C=O) groups is 1. The average molecular weight is 218 g/mol. The fraction of sp³-hybridized carbons (Fsp3) is 0.154. The fourth-order valence-electron chi connectivity index (χ4n) is 1.28. The van der Waals surface area contributed by atoms with Gasteiger partial charge in [-0.15, -0.1) is 0 Å². The summed E-state index contributed by atoms with van der Waals surface area (Å²) in [6.07, 6.45) is 3.17. The molecule has 1 aromatic carbocycles. The van der Waals surface area contributed by atoms with Gasteiger partial charge in [-0.2, -0.15) is 0 Å². The van der Waals surface area contributed by atoms with E-state index in [0.717, 1.165) is 11.3 Å². The van der Waals surface area contributed by atoms with Crippen LogP contribution in [0.25, 0.3) is 5.57 Å². The molecule has 0 aliphatic carbocycles. The van der Waals surface area contributed by atoms with Crippen molar-refractivity contribution < 1.29 is 14.3 Å². The summed E-state index contributed by atoms with van der Waals surface area (Å²) in [4.78, 5) is 11.5. The molecule has 0 spiro atoms. The van der Waals surface area contributed by atoms with Crippen LogP contribution in [0.3, 0.4) is 0 Å². The maximum atomic E-state index is 11.5. The molecule has 0 aliphatic heterocycles. The van der Waals surface area contributed by atoms with Gasteiger partial charge < -0.3 is 9.47 Å². The molecule has 0 amide bonds. The molecule has 16 heavy (non-hydrogen) atoms. The van der Waals surface area contributed by atoms with E-state index in [1.54, 1.807) is 43.5 Å². The van der Waals surface area contributed by atoms with E-state index in [4.69, 9.17) is 4.74 Å². The summed E-state index contributed by atoms with van der Waals surface area (Å²) in [7, 11) is 2.94. The molecule has 0 fully saturated rings. The first-order chi connectivity index (χ1) is 7.72. The average Bonchev–Trinajstić information content (AvgIpc) is 2.35. The predicted molar refractivity (Wildman–Crippen MR) is 63.2 cm³/mol. The zero-order valence-electron chi connectivity index (χ0n) is 9.40. The molecule has 0 heterocycles. The van der Waals surface area contributed by atoms with Crippen molar-refractivity contribution >= 4 is 11.5 Å². The molecule has 0 N–H and O–H groups in total. The van der Waals surface area contributed by atoms with E-state index in [2.05, 4.69) is 11.3 Å². The molecule has 3 heteroatoms. The van der Waals surface area contributed by atoms with E-state index in [-0.39, 0.29) is 5.97 Å². The number of ether oxygens (including phenoxy) is 2. The minimum Gasteiger partial charge on any atom is -0.497 e. The van der Waals surface area contributed by atoms with E-state index in [9.17, 15) is 4.79 Å². The molecule has 1 rings (SSSR count). The van der Waals surface area contributed by atoms with Gasteiger partial charge in [0.25, 0.3) is 0 Å². The van der Waals surface area contributed by atoms with Crippen molar-refractivity contribution in [3.05, 3.63) is 48.6 Å². The fourth-order valence-corrected chi connectivity index (χ4v) is 1.28. The summed E-state index contributed by atoms with van der Waals surface area (Å²) < 4.78 is 9.73. The Labute approximate surface area is 95.0 Å². The SMILES string of the molecule is C=C/C=C(/C(=O)OC)c1ccc(OC)cc1. The lowest BCUT2D eigenvalue weighted by Gasteiger charge is -2.06. The second-order valence-electron chi connectivity index (χ2n) is 3.04. The lowest BCUT2D eigenvalue weighted by Crippen LogP contribution is -2.03. The molecule has 0 saturated heterocycles. The van der Waals surface area contributed by atoms with Gasteiger partial charge in [0.15, 0.2) is 0 Å². The van der Waals surface area contributed by atoms with E-state index >= 15 is 0 Å². The topological polar surface area (TPSA) is 35.5 Å². The van der Waals surface area contributed by atoms with Gasteiger partial charge in [0.05, 0.1) is 19.8 Å². The van der Waals surface area contributed by atoms with Crippen molar-refractivity contribution in [2.24, 2.45) is 0 Å². The first-order valence-electron chi connectivity index (χ1n) is 4.78. The van der Waals surface area contributed by atoms with E-state index in [1.165, 1.54) is 7.11 Å². The third-order valence-corrected chi connectivity index (χ3v) is 2.09. The van der Waals surface area contributed by atoms with Gasteiger partial charge >= 0.3 is 5.97 Å². The Hall–Kier alpha value is -2.03. The molecule has 0 atom stereocenters. The van der Waals surface area contributed by atoms with Gasteiger partial charge in [-0.05, 0) is 23.8 Å². The molecular formula is C13H14O3. The second-order valence-corrected chi connectivity index (χ2v) is 3.04. The molecule has 0 bridgehead atoms. The number of carbonyl (C=O) groups excluding carboxylic acids is 1. The zero-order chi connectivity index (χ0) is 12.0. The van der Waals surface area contributed by atoms with Crippen LogP contribution in [-0.2, 0) is 9.53 Å². The van der Waals surface area contributed by atoms with E-state index in [1.807, 2.05) is 0 Å². The normalized spacial score (nSPS) is 10.8. The van der Waals surface area contributed by atoms with Gasteiger partial charge in [0.2, 0.25) is 0 Å². The summed E-state index contributed by atoms with van der Waals surface area (Å²) in [5, 5.41) is 0. The highest BCUT2D eigenvalue weighted by atomic mass is 16.5. The molecule has 1 aromatic rings. The van der Waals surface area contributed by atoms with Crippen molar-refractivity contribution in [3.63, 3.8) is 0 Å². The van der Waals surface area contributed by atoms with Gasteiger partial charge in [-0.3, -0.25) is 0 Å². The Bertz CT molecular complexity index is 402. The molecule has 0 radical (unpaired) electrons. The van der Waals surface area contributed by atoms with Crippen LogP contribution < -0.4 is 4.74 Å². The van der Waals surface area contributed by atoms with Gasteiger partial charge in [-0.1, -0.05) is 24.8 Å². The number of hydrogen-bond acceptors (Lipinski definition) is 3. The van der Waals surface area contributed by atoms with Crippen LogP contribution in [0.4, 0.5) is 0 Å². The molecule has 0 saturated carbocycles. The lowest BCUT2D eigenvalue weighted by atomic mass is 10.1. The van der Waals surface area contributed by atoms with Gasteiger partial charge in [0.1, 0.15) is 5.75 Å². The molecule has 0 aliphatic rings. The molecule has 84 valence electrons. The van der Waals surface area contributed by atoms with Crippen molar-refractivity contribution in [1.82, 2.24) is 0 Å². The van der Waals surface area contributed by atoms with Crippen molar-refractivity contribution in [2.75, 3.05) is 14.2 Å². The monoisotopic (exact) mass is 218 g/mol. The number of benzene rings is 1. The van der Waals surface area contributed by atoms with Crippen LogP contribution in [-0.4, -0.2) is 20.2 Å². The van der Waals surface area contributed by atoms with Crippen LogP contribution in [0.5, 0.6) is 5.75 Å². The van der Waals surface area contributed by atoms with Crippen LogP contribution >= 0.6 is 0 Å². The molecule has 0 aromatic heterocycles. The molecule has 3 nitrogen and oxygen atoms in total. The first-order valence-corrected chi connectivity index (χ1v) is 4.78. The van der Waals surface area contributed by atoms with Crippen LogP contribution in [0.2, 0.25) is 0 Å². The van der Waals surface area contributed by atoms with Crippen molar-refractivity contribution in [2.45, 2.75) is 0 Å². The minimum atomic E-state index is -0.384. The standard InChI is InChI=1S/C13H14O3/c1-4-5-12(13(14)16-3)10-6-8-11(15-2)9-7-10/h4-9H,1H2,2-3H3/b12-5+. The van der Waals surface area contributed by atoms with Crippen LogP contribution in [0.1, 0.15) is 5.56 Å². The second kappa shape index (κ2) is 5.75. The first kappa shape index (κ1) is 12.0. The summed E-state index contributed by atoms with van der Waals surface area (Å²) in [5.41, 5.74) is 1.24. The number of esters is 1. The minimum absolute atomic E-state index is 0.384. The Morgan fingerprint density at radius 2 is 1.88 bits per heavy atom. The zero-order valence-corrected chi connectivity index (χ0v) is 9.40. The third-order valence-electron chi connectivity index (χ3n) is 2.09. The number of allylic oxidation sites excluding steroid dienone is 2. The van der Waals surface area contributed by atoms with Crippen molar-refractivity contribution in [3.8, 4) is 5.75 Å². The number of hydrogen-bond donors (Lipinski definition) is 0. The summed E-state index contributed by atoms with van der Waals surface area (Å²) in [5.74, 6) is 0.358. The summed E-state index contributed by atoms with van der Waals surface area (Å²) in [6.45, 7) is 3.57. The Morgan fingerprint density at radius 3 is 2.31 bits per heavy atom. The van der Waals surface area contributed by atoms with Gasteiger partial charge in [0, 0.05) is 0 Å². The molecular weight excluding hydrogens is 204 g/mol. The lowest BCUT2D eigenvalue weighted by molar-refractivity contribution is -0.133. The highest BCUT2D eigenvalue weighted by Crippen LogP contribution is 2.19. The highest BCUT2D eigenvalue weighted by Gasteiger charge is 2.10. The predicted octanol–water partition coefficient (Wildman–Crippen LogP) is 2.44. The largest absolute Gasteiger partial charge is 0.497 e. The summed E-state index contributed by atoms with van der Waals surface area (Å²) >= 11 is 0. The van der Waals surface area contributed by atoms with Crippen molar-refractivity contribution in [1.29, 1.82) is 0 Å². The number of methoxy groups -OCH3 is 2. The quantitative estimate of drug-likeness (QED) is 0.442. The Morgan fingerprint density at radius 1 is 1.25 bits per heavy atom. The third kappa shape index (κ3) is 2.73. The van der Waals surface area contributed by atoms with Gasteiger partial charge in [-0.25, -0.2) is 4.79 Å². The highest BCUT2D eigenvalue weighted by molar-refractivity contribution is 6.16. The van der Waals surface area contributed by atoms with E-state index in [0.29, 0.717) is 5.57 Å². The molecule has 0 unspecified atom stereocenters. The maximum absolute atomic E-state index is 11.5.